The summed E-state index contributed by atoms with van der Waals surface area (Å²) in [6.45, 7) is -0.586. The van der Waals surface area contributed by atoms with Gasteiger partial charge in [0.25, 0.3) is 0 Å². The van der Waals surface area contributed by atoms with Gasteiger partial charge in [0, 0.05) is 10.5 Å². The Bertz CT molecular complexity index is 994. The molecule has 0 unspecified atom stereocenters. The second-order valence-corrected chi connectivity index (χ2v) is 5.46. The van der Waals surface area contributed by atoms with Gasteiger partial charge in [0.2, 0.25) is 6.54 Å². The highest BCUT2D eigenvalue weighted by Gasteiger charge is 2.30. The largest absolute Gasteiger partial charge is 0.507 e. The Morgan fingerprint density at radius 2 is 1.88 bits per heavy atom. The van der Waals surface area contributed by atoms with Crippen LogP contribution in [0.3, 0.4) is 0 Å². The molecule has 3 rings (SSSR count). The van der Waals surface area contributed by atoms with E-state index in [1.807, 2.05) is 0 Å². The average Bonchev–Trinajstić information content (AvgIpc) is 2.60. The highest BCUT2D eigenvalue weighted by molar-refractivity contribution is 5.84. The van der Waals surface area contributed by atoms with Crippen molar-refractivity contribution in [3.8, 4) is 11.5 Å². The number of hydrogen-bond acceptors (Lipinski definition) is 6. The molecule has 1 heterocycles. The van der Waals surface area contributed by atoms with Crippen LogP contribution < -0.4 is 10.4 Å². The number of nitro groups is 1. The van der Waals surface area contributed by atoms with Gasteiger partial charge < -0.3 is 14.3 Å². The van der Waals surface area contributed by atoms with Crippen LogP contribution in [-0.2, 0) is 0 Å². The number of nitrogens with zero attached hydrogens (tertiary/aromatic N) is 1. The van der Waals surface area contributed by atoms with Crippen molar-refractivity contribution in [1.29, 1.82) is 0 Å². The minimum Gasteiger partial charge on any atom is -0.507 e. The van der Waals surface area contributed by atoms with Crippen molar-refractivity contribution in [1.82, 2.24) is 0 Å². The van der Waals surface area contributed by atoms with Gasteiger partial charge in [-0.2, -0.15) is 0 Å². The Labute approximate surface area is 142 Å². The van der Waals surface area contributed by atoms with Gasteiger partial charge >= 0.3 is 5.63 Å². The van der Waals surface area contributed by atoms with E-state index in [1.165, 1.54) is 7.11 Å². The lowest BCUT2D eigenvalue weighted by Gasteiger charge is -2.17. The monoisotopic (exact) mass is 341 g/mol. The predicted molar refractivity (Wildman–Crippen MR) is 90.8 cm³/mol. The predicted octanol–water partition coefficient (Wildman–Crippen LogP) is 2.92. The van der Waals surface area contributed by atoms with Gasteiger partial charge in [0.15, 0.2) is 0 Å². The smallest absolute Gasteiger partial charge is 0.344 e. The van der Waals surface area contributed by atoms with Gasteiger partial charge in [-0.3, -0.25) is 10.1 Å². The molecule has 128 valence electrons. The van der Waals surface area contributed by atoms with Gasteiger partial charge in [0.05, 0.1) is 24.0 Å². The zero-order chi connectivity index (χ0) is 18.0. The molecule has 0 amide bonds. The normalized spacial score (nSPS) is 12.0. The summed E-state index contributed by atoms with van der Waals surface area (Å²) in [6, 6.07) is 13.1. The molecule has 0 aliphatic carbocycles. The molecule has 7 nitrogen and oxygen atoms in total. The first-order chi connectivity index (χ1) is 12.0. The first-order valence-electron chi connectivity index (χ1n) is 7.52. The first kappa shape index (κ1) is 16.5. The fourth-order valence-corrected chi connectivity index (χ4v) is 2.90. The molecule has 3 aromatic rings. The summed E-state index contributed by atoms with van der Waals surface area (Å²) in [5, 5.41) is 22.1. The molecule has 1 N–H and O–H groups in total. The van der Waals surface area contributed by atoms with Crippen LogP contribution in [0.2, 0.25) is 0 Å². The van der Waals surface area contributed by atoms with Gasteiger partial charge in [0.1, 0.15) is 17.1 Å². The van der Waals surface area contributed by atoms with Crippen molar-refractivity contribution < 1.29 is 19.2 Å². The molecule has 0 saturated heterocycles. The molecule has 0 radical (unpaired) electrons. The number of hydrogen-bond donors (Lipinski definition) is 1. The Kier molecular flexibility index (Phi) is 4.38. The molecule has 1 atom stereocenters. The fourth-order valence-electron chi connectivity index (χ4n) is 2.90. The lowest BCUT2D eigenvalue weighted by atomic mass is 9.90. The Balaban J connectivity index is 2.29. The third-order valence-electron chi connectivity index (χ3n) is 4.01. The molecule has 2 aromatic carbocycles. The molecule has 0 saturated carbocycles. The molecular weight excluding hydrogens is 326 g/mol. The van der Waals surface area contributed by atoms with E-state index in [0.717, 1.165) is 0 Å². The molecule has 1 aromatic heterocycles. The van der Waals surface area contributed by atoms with E-state index >= 15 is 0 Å². The van der Waals surface area contributed by atoms with Gasteiger partial charge in [-0.1, -0.05) is 30.3 Å². The van der Waals surface area contributed by atoms with Crippen LogP contribution in [0.25, 0.3) is 11.0 Å². The number of benzene rings is 2. The zero-order valence-electron chi connectivity index (χ0n) is 13.3. The van der Waals surface area contributed by atoms with E-state index in [9.17, 15) is 20.0 Å². The zero-order valence-corrected chi connectivity index (χ0v) is 13.3. The second kappa shape index (κ2) is 6.64. The highest BCUT2D eigenvalue weighted by atomic mass is 16.6. The number of rotatable bonds is 5. The van der Waals surface area contributed by atoms with Crippen molar-refractivity contribution in [3.05, 3.63) is 80.2 Å². The van der Waals surface area contributed by atoms with Crippen LogP contribution in [0.4, 0.5) is 0 Å². The molecule has 0 bridgehead atoms. The maximum absolute atomic E-state index is 12.5. The van der Waals surface area contributed by atoms with Crippen LogP contribution in [0.1, 0.15) is 17.0 Å². The lowest BCUT2D eigenvalue weighted by molar-refractivity contribution is -0.481. The molecule has 0 spiro atoms. The van der Waals surface area contributed by atoms with Crippen LogP contribution in [0, 0.1) is 10.1 Å². The first-order valence-corrected chi connectivity index (χ1v) is 7.52. The summed E-state index contributed by atoms with van der Waals surface area (Å²) in [6.07, 6.45) is 0. The quantitative estimate of drug-likeness (QED) is 0.435. The summed E-state index contributed by atoms with van der Waals surface area (Å²) in [7, 11) is 1.44. The summed E-state index contributed by atoms with van der Waals surface area (Å²) >= 11 is 0. The Morgan fingerprint density at radius 3 is 2.60 bits per heavy atom. The third-order valence-corrected chi connectivity index (χ3v) is 4.01. The van der Waals surface area contributed by atoms with Crippen molar-refractivity contribution >= 4 is 11.0 Å². The minimum atomic E-state index is -1.01. The van der Waals surface area contributed by atoms with E-state index < -0.39 is 23.0 Å². The van der Waals surface area contributed by atoms with E-state index in [-0.39, 0.29) is 16.9 Å². The molecule has 0 aliphatic rings. The van der Waals surface area contributed by atoms with Crippen LogP contribution >= 0.6 is 0 Å². The number of ether oxygens (including phenoxy) is 1. The highest BCUT2D eigenvalue weighted by Crippen LogP contribution is 2.37. The van der Waals surface area contributed by atoms with E-state index in [4.69, 9.17) is 9.15 Å². The maximum atomic E-state index is 12.5. The van der Waals surface area contributed by atoms with E-state index in [0.29, 0.717) is 16.7 Å². The van der Waals surface area contributed by atoms with Crippen molar-refractivity contribution in [2.75, 3.05) is 13.7 Å². The Hall–Kier alpha value is -3.35. The van der Waals surface area contributed by atoms with Gasteiger partial charge in [-0.05, 0) is 18.2 Å². The van der Waals surface area contributed by atoms with E-state index in [2.05, 4.69) is 0 Å². The standard InChI is InChI=1S/C18H15NO6/c1-24-14-8-4-2-6-11(14)13(10-19(22)23)16-17(20)12-7-3-5-9-15(12)25-18(16)21/h2-9,13,20H,10H2,1H3/t13-/m1/s1. The van der Waals surface area contributed by atoms with Crippen molar-refractivity contribution in [2.24, 2.45) is 0 Å². The summed E-state index contributed by atoms with van der Waals surface area (Å²) in [4.78, 5) is 23.1. The van der Waals surface area contributed by atoms with Crippen LogP contribution in [0.5, 0.6) is 11.5 Å². The number of fused-ring (bicyclic) bond motifs is 1. The molecule has 0 aliphatic heterocycles. The molecule has 7 heteroatoms. The van der Waals surface area contributed by atoms with Crippen LogP contribution in [0.15, 0.2) is 57.7 Å². The lowest BCUT2D eigenvalue weighted by Crippen LogP contribution is -2.21. The number of para-hydroxylation sites is 2. The second-order valence-electron chi connectivity index (χ2n) is 5.46. The van der Waals surface area contributed by atoms with Crippen molar-refractivity contribution in [2.45, 2.75) is 5.92 Å². The van der Waals surface area contributed by atoms with Crippen molar-refractivity contribution in [3.63, 3.8) is 0 Å². The topological polar surface area (TPSA) is 103 Å². The average molecular weight is 341 g/mol. The van der Waals surface area contributed by atoms with Gasteiger partial charge in [-0.15, -0.1) is 0 Å². The van der Waals surface area contributed by atoms with E-state index in [1.54, 1.807) is 48.5 Å². The molecule has 25 heavy (non-hydrogen) atoms. The SMILES string of the molecule is COc1ccccc1[C@@H](C[N+](=O)[O-])c1c(O)c2ccccc2oc1=O. The number of aromatic hydroxyl groups is 1. The summed E-state index contributed by atoms with van der Waals surface area (Å²) < 4.78 is 10.5. The molecule has 0 fully saturated rings. The van der Waals surface area contributed by atoms with Crippen LogP contribution in [-0.4, -0.2) is 23.7 Å². The third kappa shape index (κ3) is 3.03. The number of methoxy groups -OCH3 is 1. The fraction of sp³-hybridized carbons (Fsp3) is 0.167. The minimum absolute atomic E-state index is 0.153. The summed E-state index contributed by atoms with van der Waals surface area (Å²) in [5.74, 6) is -0.932. The van der Waals surface area contributed by atoms with Gasteiger partial charge in [-0.25, -0.2) is 4.79 Å². The summed E-state index contributed by atoms with van der Waals surface area (Å²) in [5.41, 5.74) is -0.318. The maximum Gasteiger partial charge on any atom is 0.344 e. The molecular formula is C18H15NO6. The Morgan fingerprint density at radius 1 is 1.20 bits per heavy atom.